The van der Waals surface area contributed by atoms with E-state index in [0.29, 0.717) is 65.7 Å². The molecule has 4 N–H and O–H groups in total. The molecule has 20 heteroatoms. The summed E-state index contributed by atoms with van der Waals surface area (Å²) in [6.45, 7) is 66.6. The molecule has 0 aliphatic rings. The van der Waals surface area contributed by atoms with Crippen molar-refractivity contribution in [2.24, 2.45) is 11.5 Å². The lowest BCUT2D eigenvalue weighted by molar-refractivity contribution is 0.266. The van der Waals surface area contributed by atoms with Crippen molar-refractivity contribution in [2.45, 2.75) is 221 Å². The summed E-state index contributed by atoms with van der Waals surface area (Å²) in [4.78, 5) is 23.7. The third kappa shape index (κ3) is 23.3. The molecule has 0 atom stereocenters. The van der Waals surface area contributed by atoms with Crippen LogP contribution in [-0.4, -0.2) is 97.7 Å². The molecule has 0 fully saturated rings. The summed E-state index contributed by atoms with van der Waals surface area (Å²) in [6, 6.07) is 0. The SMILES string of the molecule is CC(C)(C)[Si](C)(C)OCc1cn(CCCN)cn1.CC(C)(C)[Si](C)(C)OCc1cncn1CCCN.[C-]#[N+]CCn1cnc(CO[Si](C)(C)C(C)(C)C)c1.[C-]#[N+]CCn1cncc1CO[Si](C)(C)C(C)(C)C. The predicted octanol–water partition coefficient (Wildman–Crippen LogP) is 12.2. The molecule has 0 unspecified atom stereocenters. The Hall–Kier alpha value is -3.55. The van der Waals surface area contributed by atoms with Crippen LogP contribution < -0.4 is 11.5 Å². The Morgan fingerprint density at radius 2 is 0.792 bits per heavy atom. The van der Waals surface area contributed by atoms with Crippen LogP contribution in [0.2, 0.25) is 72.5 Å². The Labute approximate surface area is 441 Å². The molecule has 0 radical (unpaired) electrons. The average Bonchev–Trinajstić information content (AvgIpc) is 4.11. The molecule has 4 aromatic rings. The Kier molecular flexibility index (Phi) is 27.2. The summed E-state index contributed by atoms with van der Waals surface area (Å²) in [5.74, 6) is 0. The number of imidazole rings is 4. The highest BCUT2D eigenvalue weighted by Crippen LogP contribution is 2.39. The molecule has 0 aliphatic carbocycles. The summed E-state index contributed by atoms with van der Waals surface area (Å²) in [5.41, 5.74) is 15.2. The fraction of sp³-hybridized carbons (Fsp3) is 0.731. The highest BCUT2D eigenvalue weighted by Gasteiger charge is 2.40. The van der Waals surface area contributed by atoms with E-state index in [2.05, 4.69) is 180 Å². The van der Waals surface area contributed by atoms with E-state index in [1.807, 2.05) is 40.4 Å². The molecule has 0 saturated heterocycles. The van der Waals surface area contributed by atoms with Crippen molar-refractivity contribution in [2.75, 3.05) is 26.2 Å². The molecule has 4 aromatic heterocycles. The Balaban J connectivity index is 0.000000480. The molecule has 4 rings (SSSR count). The molecular weight excluding hydrogens is 969 g/mol. The van der Waals surface area contributed by atoms with Crippen LogP contribution in [0.1, 0.15) is 119 Å². The van der Waals surface area contributed by atoms with Gasteiger partial charge in [-0.3, -0.25) is 0 Å². The summed E-state index contributed by atoms with van der Waals surface area (Å²) in [5, 5.41) is 0.929. The molecule has 0 bridgehead atoms. The minimum Gasteiger partial charge on any atom is -0.411 e. The van der Waals surface area contributed by atoms with Crippen LogP contribution in [0.15, 0.2) is 50.1 Å². The second-order valence-corrected chi connectivity index (χ2v) is 43.8. The van der Waals surface area contributed by atoms with E-state index in [-0.39, 0.29) is 20.2 Å². The lowest BCUT2D eigenvalue weighted by atomic mass is 10.2. The number of aryl methyl sites for hydroxylation is 2. The van der Waals surface area contributed by atoms with E-state index in [1.165, 1.54) is 0 Å². The van der Waals surface area contributed by atoms with Crippen LogP contribution in [0.4, 0.5) is 0 Å². The van der Waals surface area contributed by atoms with Crippen LogP contribution in [0.3, 0.4) is 0 Å². The van der Waals surface area contributed by atoms with Gasteiger partial charge in [0.1, 0.15) is 0 Å². The fourth-order valence-corrected chi connectivity index (χ4v) is 9.05. The smallest absolute Gasteiger partial charge is 0.232 e. The lowest BCUT2D eigenvalue weighted by Gasteiger charge is -2.36. The molecule has 0 amide bonds. The quantitative estimate of drug-likeness (QED) is 0.0571. The van der Waals surface area contributed by atoms with E-state index in [9.17, 15) is 0 Å². The third-order valence-corrected chi connectivity index (χ3v) is 32.6. The summed E-state index contributed by atoms with van der Waals surface area (Å²) in [6.07, 6.45) is 17.0. The number of nitrogens with two attached hydrogens (primary N) is 2. The monoisotopic (exact) mass is 1070 g/mol. The van der Waals surface area contributed by atoms with Crippen LogP contribution in [0, 0.1) is 13.1 Å². The molecule has 0 saturated carbocycles. The normalized spacial score (nSPS) is 12.7. The van der Waals surface area contributed by atoms with Gasteiger partial charge in [0.2, 0.25) is 13.1 Å². The molecule has 0 aliphatic heterocycles. The van der Waals surface area contributed by atoms with Gasteiger partial charge in [-0.25, -0.2) is 33.1 Å². The Morgan fingerprint density at radius 1 is 0.472 bits per heavy atom. The van der Waals surface area contributed by atoms with Gasteiger partial charge in [-0.1, -0.05) is 83.1 Å². The first-order chi connectivity index (χ1) is 33.1. The van der Waals surface area contributed by atoms with Crippen LogP contribution in [0.5, 0.6) is 0 Å². The predicted molar refractivity (Wildman–Crippen MR) is 307 cm³/mol. The second kappa shape index (κ2) is 29.5. The van der Waals surface area contributed by atoms with Gasteiger partial charge >= 0.3 is 0 Å². The van der Waals surface area contributed by atoms with E-state index in [1.54, 1.807) is 12.7 Å². The van der Waals surface area contributed by atoms with Gasteiger partial charge < -0.3 is 57.1 Å². The van der Waals surface area contributed by atoms with Crippen LogP contribution in [-0.2, 0) is 70.3 Å². The first-order valence-electron chi connectivity index (χ1n) is 25.7. The van der Waals surface area contributed by atoms with E-state index in [0.717, 1.165) is 48.7 Å². The third-order valence-electron chi connectivity index (χ3n) is 14.7. The number of hydrogen-bond donors (Lipinski definition) is 2. The number of rotatable bonds is 22. The number of nitrogens with zero attached hydrogens (tertiary/aromatic N) is 10. The maximum absolute atomic E-state index is 6.83. The minimum atomic E-state index is -1.72. The standard InChI is InChI=1S/2C13H23N3OSi.2C13H27N3OSi/c1-13(2,3)18(5,6)17-10-12-9-16(11-15-12)8-7-14-4;1-13(2,3)18(5,6)17-10-12-9-15-11-16(12)8-7-14-4;1-13(2,3)18(4,5)17-10-12-9-16(11-15-12)8-6-7-14;1-13(2,3)18(4,5)17-10-12-9-15-11-16(12)8-6-7-14/h2*9,11H,7-8,10H2,1-3,5-6H3;2*9,11H,6-8,10,14H2,1-5H3. The molecule has 408 valence electrons. The van der Waals surface area contributed by atoms with E-state index < -0.39 is 33.3 Å². The van der Waals surface area contributed by atoms with Crippen molar-refractivity contribution in [3.8, 4) is 0 Å². The van der Waals surface area contributed by atoms with E-state index >= 15 is 0 Å². The lowest BCUT2D eigenvalue weighted by Crippen LogP contribution is -2.40. The van der Waals surface area contributed by atoms with Crippen molar-refractivity contribution >= 4 is 33.3 Å². The molecule has 0 spiro atoms. The Morgan fingerprint density at radius 3 is 1.14 bits per heavy atom. The fourth-order valence-electron chi connectivity index (χ4n) is 5.29. The van der Waals surface area contributed by atoms with Gasteiger partial charge in [-0.05, 0) is 98.5 Å². The van der Waals surface area contributed by atoms with Crippen LogP contribution >= 0.6 is 0 Å². The first kappa shape index (κ1) is 66.5. The largest absolute Gasteiger partial charge is 0.411 e. The molecular formula is C52H100N12O4Si4. The summed E-state index contributed by atoms with van der Waals surface area (Å²) >= 11 is 0. The number of hydrogen-bond acceptors (Lipinski definition) is 10. The molecule has 16 nitrogen and oxygen atoms in total. The van der Waals surface area contributed by atoms with Gasteiger partial charge in [0.25, 0.3) is 0 Å². The van der Waals surface area contributed by atoms with Crippen molar-refractivity contribution in [1.29, 1.82) is 0 Å². The van der Waals surface area contributed by atoms with Crippen molar-refractivity contribution in [3.63, 3.8) is 0 Å². The van der Waals surface area contributed by atoms with E-state index in [4.69, 9.17) is 42.3 Å². The molecule has 72 heavy (non-hydrogen) atoms. The highest BCUT2D eigenvalue weighted by atomic mass is 28.4. The number of aromatic nitrogens is 8. The average molecular weight is 1070 g/mol. The summed E-state index contributed by atoms with van der Waals surface area (Å²) < 4.78 is 32.8. The van der Waals surface area contributed by atoms with Gasteiger partial charge in [0, 0.05) is 25.5 Å². The molecule has 4 heterocycles. The minimum absolute atomic E-state index is 0.217. The highest BCUT2D eigenvalue weighted by molar-refractivity contribution is 6.75. The first-order valence-corrected chi connectivity index (χ1v) is 37.3. The van der Waals surface area contributed by atoms with Gasteiger partial charge in [0.05, 0.1) is 100.0 Å². The van der Waals surface area contributed by atoms with Crippen molar-refractivity contribution < 1.29 is 17.7 Å². The van der Waals surface area contributed by atoms with Crippen molar-refractivity contribution in [3.05, 3.63) is 95.7 Å². The zero-order chi connectivity index (χ0) is 55.2. The Bertz CT molecular complexity index is 2210. The topological polar surface area (TPSA) is 169 Å². The van der Waals surface area contributed by atoms with Crippen LogP contribution in [0.25, 0.3) is 9.69 Å². The zero-order valence-electron chi connectivity index (χ0n) is 48.8. The second-order valence-electron chi connectivity index (χ2n) is 24.6. The summed E-state index contributed by atoms with van der Waals surface area (Å²) in [7, 11) is -6.77. The maximum atomic E-state index is 6.83. The zero-order valence-corrected chi connectivity index (χ0v) is 52.8. The van der Waals surface area contributed by atoms with Crippen molar-refractivity contribution in [1.82, 2.24) is 38.2 Å². The maximum Gasteiger partial charge on any atom is 0.232 e. The van der Waals surface area contributed by atoms with Gasteiger partial charge in [-0.15, -0.1) is 0 Å². The van der Waals surface area contributed by atoms with Gasteiger partial charge in [-0.2, -0.15) is 0 Å². The molecule has 0 aromatic carbocycles. The van der Waals surface area contributed by atoms with Gasteiger partial charge in [0.15, 0.2) is 33.3 Å².